The Bertz CT molecular complexity index is 1950. The van der Waals surface area contributed by atoms with Gasteiger partial charge in [0.05, 0.1) is 0 Å². The highest BCUT2D eigenvalue weighted by atomic mass is 14.2. The summed E-state index contributed by atoms with van der Waals surface area (Å²) in [7, 11) is 0. The number of hydrogen-bond donors (Lipinski definition) is 0. The van der Waals surface area contributed by atoms with Crippen molar-refractivity contribution < 1.29 is 0 Å². The third-order valence-electron chi connectivity index (χ3n) is 8.30. The smallest absolute Gasteiger partial charge is 0.00134 e. The molecule has 7 aromatic rings. The van der Waals surface area contributed by atoms with Crippen LogP contribution in [0, 0.1) is 0 Å². The Balaban J connectivity index is 1.37. The lowest BCUT2D eigenvalue weighted by atomic mass is 9.85. The molecule has 182 valence electrons. The molecular weight excluding hydrogens is 468 g/mol. The Morgan fingerprint density at radius 2 is 0.769 bits per heavy atom. The van der Waals surface area contributed by atoms with E-state index in [0.717, 1.165) is 6.42 Å². The number of benzene rings is 7. The van der Waals surface area contributed by atoms with Gasteiger partial charge in [-0.2, -0.15) is 0 Å². The normalized spacial score (nSPS) is 12.0. The standard InChI is InChI=1S/C39H26/c1-2-10-26(11-3-1)27-18-20-28(21-19-27)38-33-14-6-8-16-35(33)39(36-17-9-7-15-34(36)38)31-23-22-30-24-29-12-4-5-13-32(29)37(30)25-31/h1-23,25H,24H2. The minimum atomic E-state index is 1.02. The first-order valence-electron chi connectivity index (χ1n) is 13.7. The highest BCUT2D eigenvalue weighted by molar-refractivity contribution is 6.21. The average molecular weight is 495 g/mol. The van der Waals surface area contributed by atoms with Crippen molar-refractivity contribution in [2.24, 2.45) is 0 Å². The van der Waals surface area contributed by atoms with Gasteiger partial charge in [0.1, 0.15) is 0 Å². The van der Waals surface area contributed by atoms with Crippen molar-refractivity contribution >= 4 is 21.5 Å². The highest BCUT2D eigenvalue weighted by Gasteiger charge is 2.21. The molecule has 0 heteroatoms. The van der Waals surface area contributed by atoms with Gasteiger partial charge in [0.25, 0.3) is 0 Å². The molecule has 0 amide bonds. The Morgan fingerprint density at radius 3 is 1.44 bits per heavy atom. The maximum absolute atomic E-state index is 2.42. The van der Waals surface area contributed by atoms with Crippen LogP contribution < -0.4 is 0 Å². The molecule has 0 N–H and O–H groups in total. The fraction of sp³-hybridized carbons (Fsp3) is 0.0256. The van der Waals surface area contributed by atoms with Crippen molar-refractivity contribution in [1.82, 2.24) is 0 Å². The Hall–Kier alpha value is -4.94. The predicted molar refractivity (Wildman–Crippen MR) is 166 cm³/mol. The van der Waals surface area contributed by atoms with Crippen molar-refractivity contribution in [3.8, 4) is 44.5 Å². The molecule has 0 aliphatic heterocycles. The zero-order chi connectivity index (χ0) is 25.8. The maximum Gasteiger partial charge on any atom is -0.00134 e. The Labute approximate surface area is 228 Å². The lowest BCUT2D eigenvalue weighted by Crippen LogP contribution is -1.91. The first kappa shape index (κ1) is 22.1. The first-order valence-corrected chi connectivity index (χ1v) is 13.7. The molecule has 0 radical (unpaired) electrons. The lowest BCUT2D eigenvalue weighted by molar-refractivity contribution is 1.26. The van der Waals surface area contributed by atoms with Crippen LogP contribution in [0.2, 0.25) is 0 Å². The molecule has 0 fully saturated rings. The first-order chi connectivity index (χ1) is 19.3. The maximum atomic E-state index is 2.42. The van der Waals surface area contributed by atoms with E-state index >= 15 is 0 Å². The van der Waals surface area contributed by atoms with Crippen molar-refractivity contribution in [2.45, 2.75) is 6.42 Å². The molecule has 0 nitrogen and oxygen atoms in total. The molecule has 0 heterocycles. The lowest BCUT2D eigenvalue weighted by Gasteiger charge is -2.18. The van der Waals surface area contributed by atoms with Crippen LogP contribution in [-0.4, -0.2) is 0 Å². The summed E-state index contributed by atoms with van der Waals surface area (Å²) < 4.78 is 0. The van der Waals surface area contributed by atoms with E-state index in [1.54, 1.807) is 0 Å². The van der Waals surface area contributed by atoms with Crippen molar-refractivity contribution in [2.75, 3.05) is 0 Å². The topological polar surface area (TPSA) is 0 Å². The summed E-state index contributed by atoms with van der Waals surface area (Å²) in [6, 6.07) is 53.4. The summed E-state index contributed by atoms with van der Waals surface area (Å²) in [4.78, 5) is 0. The molecule has 7 aromatic carbocycles. The number of rotatable bonds is 3. The van der Waals surface area contributed by atoms with E-state index in [9.17, 15) is 0 Å². The largest absolute Gasteiger partial charge is 0.0622 e. The van der Waals surface area contributed by atoms with Gasteiger partial charge in [0, 0.05) is 0 Å². The molecule has 0 saturated carbocycles. The van der Waals surface area contributed by atoms with Crippen LogP contribution >= 0.6 is 0 Å². The fourth-order valence-corrected chi connectivity index (χ4v) is 6.49. The number of hydrogen-bond acceptors (Lipinski definition) is 0. The van der Waals surface area contributed by atoms with Crippen LogP contribution in [0.25, 0.3) is 66.1 Å². The third-order valence-corrected chi connectivity index (χ3v) is 8.30. The van der Waals surface area contributed by atoms with Crippen molar-refractivity contribution in [3.05, 3.63) is 157 Å². The molecular formula is C39H26. The SMILES string of the molecule is c1ccc(-c2ccc(-c3c4ccccc4c(-c4ccc5c(c4)-c4ccccc4C5)c4ccccc34)cc2)cc1. The van der Waals surface area contributed by atoms with Crippen LogP contribution in [0.15, 0.2) is 146 Å². The third kappa shape index (κ3) is 3.53. The van der Waals surface area contributed by atoms with Crippen LogP contribution in [0.5, 0.6) is 0 Å². The second kappa shape index (κ2) is 8.82. The van der Waals surface area contributed by atoms with E-state index in [4.69, 9.17) is 0 Å². The Kier molecular flexibility index (Phi) is 5.00. The second-order valence-corrected chi connectivity index (χ2v) is 10.5. The summed E-state index contributed by atoms with van der Waals surface area (Å²) in [5, 5.41) is 5.17. The fourth-order valence-electron chi connectivity index (χ4n) is 6.49. The van der Waals surface area contributed by atoms with Gasteiger partial charge in [-0.05, 0) is 89.7 Å². The predicted octanol–water partition coefficient (Wildman–Crippen LogP) is 10.6. The summed E-state index contributed by atoms with van der Waals surface area (Å²) in [5.74, 6) is 0. The van der Waals surface area contributed by atoms with Gasteiger partial charge >= 0.3 is 0 Å². The van der Waals surface area contributed by atoms with E-state index in [2.05, 4.69) is 146 Å². The van der Waals surface area contributed by atoms with Gasteiger partial charge in [-0.15, -0.1) is 0 Å². The molecule has 0 atom stereocenters. The molecule has 0 aromatic heterocycles. The van der Waals surface area contributed by atoms with E-state index in [-0.39, 0.29) is 0 Å². The van der Waals surface area contributed by atoms with Crippen LogP contribution in [0.3, 0.4) is 0 Å². The molecule has 8 rings (SSSR count). The summed E-state index contributed by atoms with van der Waals surface area (Å²) in [6.07, 6.45) is 1.02. The summed E-state index contributed by atoms with van der Waals surface area (Å²) >= 11 is 0. The molecule has 0 spiro atoms. The minimum absolute atomic E-state index is 1.02. The van der Waals surface area contributed by atoms with Crippen LogP contribution in [0.1, 0.15) is 11.1 Å². The quantitative estimate of drug-likeness (QED) is 0.214. The molecule has 1 aliphatic rings. The van der Waals surface area contributed by atoms with Gasteiger partial charge in [-0.3, -0.25) is 0 Å². The molecule has 39 heavy (non-hydrogen) atoms. The zero-order valence-corrected chi connectivity index (χ0v) is 21.6. The average Bonchev–Trinajstić information content (AvgIpc) is 3.38. The van der Waals surface area contributed by atoms with E-state index in [1.165, 1.54) is 77.2 Å². The van der Waals surface area contributed by atoms with E-state index < -0.39 is 0 Å². The zero-order valence-electron chi connectivity index (χ0n) is 21.6. The van der Waals surface area contributed by atoms with E-state index in [0.29, 0.717) is 0 Å². The monoisotopic (exact) mass is 494 g/mol. The molecule has 0 saturated heterocycles. The summed E-state index contributed by atoms with van der Waals surface area (Å²) in [5.41, 5.74) is 13.2. The van der Waals surface area contributed by atoms with Crippen LogP contribution in [-0.2, 0) is 6.42 Å². The molecule has 0 unspecified atom stereocenters. The molecule has 1 aliphatic carbocycles. The van der Waals surface area contributed by atoms with Gasteiger partial charge in [0.2, 0.25) is 0 Å². The van der Waals surface area contributed by atoms with Crippen molar-refractivity contribution in [1.29, 1.82) is 0 Å². The minimum Gasteiger partial charge on any atom is -0.0622 e. The van der Waals surface area contributed by atoms with Crippen molar-refractivity contribution in [3.63, 3.8) is 0 Å². The second-order valence-electron chi connectivity index (χ2n) is 10.5. The summed E-state index contributed by atoms with van der Waals surface area (Å²) in [6.45, 7) is 0. The van der Waals surface area contributed by atoms with Gasteiger partial charge < -0.3 is 0 Å². The molecule has 0 bridgehead atoms. The van der Waals surface area contributed by atoms with E-state index in [1.807, 2.05) is 0 Å². The van der Waals surface area contributed by atoms with Crippen LogP contribution in [0.4, 0.5) is 0 Å². The van der Waals surface area contributed by atoms with Gasteiger partial charge in [-0.25, -0.2) is 0 Å². The number of fused-ring (bicyclic) bond motifs is 5. The highest BCUT2D eigenvalue weighted by Crippen LogP contribution is 2.46. The Morgan fingerprint density at radius 1 is 0.308 bits per heavy atom. The van der Waals surface area contributed by atoms with Gasteiger partial charge in [0.15, 0.2) is 0 Å². The van der Waals surface area contributed by atoms with Gasteiger partial charge in [-0.1, -0.05) is 140 Å².